The molecule has 3 nitrogen and oxygen atoms in total. The molecule has 0 amide bonds. The van der Waals surface area contributed by atoms with Crippen molar-refractivity contribution in [3.05, 3.63) is 54.0 Å². The fourth-order valence-electron chi connectivity index (χ4n) is 2.50. The largest absolute Gasteiger partial charge is 0.357 e. The number of hydrogen-bond donors (Lipinski definition) is 1. The van der Waals surface area contributed by atoms with E-state index in [4.69, 9.17) is 0 Å². The molecule has 0 radical (unpaired) electrons. The van der Waals surface area contributed by atoms with Crippen LogP contribution in [0.3, 0.4) is 0 Å². The lowest BCUT2D eigenvalue weighted by molar-refractivity contribution is 0.640. The van der Waals surface area contributed by atoms with E-state index in [2.05, 4.69) is 29.1 Å². The number of nitrogens with zero attached hydrogens (tertiary/aromatic N) is 2. The van der Waals surface area contributed by atoms with Crippen LogP contribution in [0, 0.1) is 5.82 Å². The predicted molar refractivity (Wildman–Crippen MR) is 88.6 cm³/mol. The summed E-state index contributed by atoms with van der Waals surface area (Å²) in [6, 6.07) is 12.7. The third kappa shape index (κ3) is 2.52. The summed E-state index contributed by atoms with van der Waals surface area (Å²) in [5.41, 5.74) is 2.68. The van der Waals surface area contributed by atoms with E-state index in [1.54, 1.807) is 19.2 Å². The monoisotopic (exact) mass is 295 g/mol. The van der Waals surface area contributed by atoms with E-state index in [-0.39, 0.29) is 5.82 Å². The van der Waals surface area contributed by atoms with Gasteiger partial charge in [-0.1, -0.05) is 38.1 Å². The van der Waals surface area contributed by atoms with Crippen molar-refractivity contribution in [3.63, 3.8) is 0 Å². The number of benzene rings is 2. The molecular weight excluding hydrogens is 277 g/mol. The van der Waals surface area contributed by atoms with Crippen LogP contribution in [-0.4, -0.2) is 17.0 Å². The van der Waals surface area contributed by atoms with Crippen LogP contribution in [0.2, 0.25) is 0 Å². The van der Waals surface area contributed by atoms with Gasteiger partial charge < -0.3 is 5.32 Å². The average Bonchev–Trinajstić information content (AvgIpc) is 2.55. The second-order valence-corrected chi connectivity index (χ2v) is 5.55. The van der Waals surface area contributed by atoms with Crippen LogP contribution in [0.4, 0.5) is 10.3 Å². The molecule has 0 aliphatic rings. The molecule has 0 atom stereocenters. The first kappa shape index (κ1) is 14.4. The van der Waals surface area contributed by atoms with Crippen molar-refractivity contribution < 1.29 is 4.39 Å². The third-order valence-electron chi connectivity index (χ3n) is 3.71. The quantitative estimate of drug-likeness (QED) is 0.767. The average molecular weight is 295 g/mol. The SMILES string of the molecule is CNc1nc(-c2ccc(F)c3ccccc23)cc(C(C)C)n1. The molecule has 1 aromatic heterocycles. The van der Waals surface area contributed by atoms with Crippen LogP contribution in [-0.2, 0) is 0 Å². The molecule has 1 N–H and O–H groups in total. The van der Waals surface area contributed by atoms with Gasteiger partial charge in [-0.05, 0) is 29.5 Å². The molecule has 112 valence electrons. The van der Waals surface area contributed by atoms with Crippen molar-refractivity contribution in [1.29, 1.82) is 0 Å². The zero-order valence-electron chi connectivity index (χ0n) is 12.9. The molecule has 2 aromatic carbocycles. The highest BCUT2D eigenvalue weighted by atomic mass is 19.1. The Kier molecular flexibility index (Phi) is 3.75. The first-order chi connectivity index (χ1) is 10.6. The van der Waals surface area contributed by atoms with Gasteiger partial charge >= 0.3 is 0 Å². The summed E-state index contributed by atoms with van der Waals surface area (Å²) < 4.78 is 14.0. The van der Waals surface area contributed by atoms with E-state index < -0.39 is 0 Å². The highest BCUT2D eigenvalue weighted by Gasteiger charge is 2.12. The van der Waals surface area contributed by atoms with E-state index in [1.807, 2.05) is 24.3 Å². The van der Waals surface area contributed by atoms with Gasteiger partial charge in [-0.25, -0.2) is 14.4 Å². The Morgan fingerprint density at radius 2 is 1.73 bits per heavy atom. The number of rotatable bonds is 3. The molecule has 0 unspecified atom stereocenters. The molecule has 0 aliphatic heterocycles. The van der Waals surface area contributed by atoms with E-state index in [0.29, 0.717) is 17.3 Å². The molecule has 3 aromatic rings. The Bertz CT molecular complexity index is 828. The number of anilines is 1. The fraction of sp³-hybridized carbons (Fsp3) is 0.222. The Morgan fingerprint density at radius 1 is 1.00 bits per heavy atom. The summed E-state index contributed by atoms with van der Waals surface area (Å²) in [5, 5.41) is 4.46. The van der Waals surface area contributed by atoms with E-state index in [9.17, 15) is 4.39 Å². The maximum absolute atomic E-state index is 14.0. The van der Waals surface area contributed by atoms with Gasteiger partial charge in [0.15, 0.2) is 0 Å². The molecule has 0 bridgehead atoms. The van der Waals surface area contributed by atoms with Crippen LogP contribution in [0.25, 0.3) is 22.0 Å². The normalized spacial score (nSPS) is 11.1. The summed E-state index contributed by atoms with van der Waals surface area (Å²) in [7, 11) is 1.80. The Hall–Kier alpha value is -2.49. The van der Waals surface area contributed by atoms with E-state index in [0.717, 1.165) is 22.3 Å². The van der Waals surface area contributed by atoms with Crippen LogP contribution in [0.1, 0.15) is 25.5 Å². The standard InChI is InChI=1S/C18H18FN3/c1-11(2)16-10-17(22-18(20-3)21-16)14-8-9-15(19)13-7-5-4-6-12(13)14/h4-11H,1-3H3,(H,20,21,22). The van der Waals surface area contributed by atoms with Crippen LogP contribution in [0.5, 0.6) is 0 Å². The van der Waals surface area contributed by atoms with Gasteiger partial charge in [-0.2, -0.15) is 0 Å². The lowest BCUT2D eigenvalue weighted by atomic mass is 10.00. The van der Waals surface area contributed by atoms with Gasteiger partial charge in [0.05, 0.1) is 5.69 Å². The lowest BCUT2D eigenvalue weighted by Gasteiger charge is -2.12. The first-order valence-corrected chi connectivity index (χ1v) is 7.34. The van der Waals surface area contributed by atoms with Crippen molar-refractivity contribution >= 4 is 16.7 Å². The number of fused-ring (bicyclic) bond motifs is 1. The fourth-order valence-corrected chi connectivity index (χ4v) is 2.50. The smallest absolute Gasteiger partial charge is 0.223 e. The number of nitrogens with one attached hydrogen (secondary N) is 1. The van der Waals surface area contributed by atoms with Crippen molar-refractivity contribution in [3.8, 4) is 11.3 Å². The molecular formula is C18H18FN3. The van der Waals surface area contributed by atoms with Crippen LogP contribution >= 0.6 is 0 Å². The molecule has 1 heterocycles. The van der Waals surface area contributed by atoms with Crippen LogP contribution < -0.4 is 5.32 Å². The van der Waals surface area contributed by atoms with Crippen molar-refractivity contribution in [2.75, 3.05) is 12.4 Å². The maximum Gasteiger partial charge on any atom is 0.223 e. The van der Waals surface area contributed by atoms with Crippen molar-refractivity contribution in [1.82, 2.24) is 9.97 Å². The lowest BCUT2D eigenvalue weighted by Crippen LogP contribution is -2.03. The second-order valence-electron chi connectivity index (χ2n) is 5.55. The highest BCUT2D eigenvalue weighted by molar-refractivity contribution is 5.96. The number of halogens is 1. The summed E-state index contributed by atoms with van der Waals surface area (Å²) in [5.74, 6) is 0.654. The zero-order chi connectivity index (χ0) is 15.7. The summed E-state index contributed by atoms with van der Waals surface area (Å²) >= 11 is 0. The molecule has 0 saturated carbocycles. The van der Waals surface area contributed by atoms with E-state index >= 15 is 0 Å². The molecule has 0 saturated heterocycles. The van der Waals surface area contributed by atoms with E-state index in [1.165, 1.54) is 6.07 Å². The Morgan fingerprint density at radius 3 is 2.41 bits per heavy atom. The number of hydrogen-bond acceptors (Lipinski definition) is 3. The summed E-state index contributed by atoms with van der Waals surface area (Å²) in [6.07, 6.45) is 0. The molecule has 3 rings (SSSR count). The van der Waals surface area contributed by atoms with Gasteiger partial charge in [0.1, 0.15) is 5.82 Å². The predicted octanol–water partition coefficient (Wildman–Crippen LogP) is 4.60. The van der Waals surface area contributed by atoms with Gasteiger partial charge in [0, 0.05) is 23.7 Å². The molecule has 0 aliphatic carbocycles. The molecule has 4 heteroatoms. The second kappa shape index (κ2) is 5.72. The van der Waals surface area contributed by atoms with Crippen molar-refractivity contribution in [2.45, 2.75) is 19.8 Å². The zero-order valence-corrected chi connectivity index (χ0v) is 12.9. The van der Waals surface area contributed by atoms with Gasteiger partial charge in [0.2, 0.25) is 5.95 Å². The van der Waals surface area contributed by atoms with Gasteiger partial charge in [-0.15, -0.1) is 0 Å². The molecule has 22 heavy (non-hydrogen) atoms. The minimum Gasteiger partial charge on any atom is -0.357 e. The summed E-state index contributed by atoms with van der Waals surface area (Å²) in [4.78, 5) is 9.02. The first-order valence-electron chi connectivity index (χ1n) is 7.34. The molecule has 0 spiro atoms. The van der Waals surface area contributed by atoms with Gasteiger partial charge in [-0.3, -0.25) is 0 Å². The topological polar surface area (TPSA) is 37.8 Å². The minimum atomic E-state index is -0.216. The highest BCUT2D eigenvalue weighted by Crippen LogP contribution is 2.30. The third-order valence-corrected chi connectivity index (χ3v) is 3.71. The molecule has 0 fully saturated rings. The van der Waals surface area contributed by atoms with Crippen molar-refractivity contribution in [2.24, 2.45) is 0 Å². The van der Waals surface area contributed by atoms with Crippen LogP contribution in [0.15, 0.2) is 42.5 Å². The minimum absolute atomic E-state index is 0.216. The Labute approximate surface area is 129 Å². The summed E-state index contributed by atoms with van der Waals surface area (Å²) in [6.45, 7) is 4.18. The maximum atomic E-state index is 14.0. The Balaban J connectivity index is 2.28. The number of aromatic nitrogens is 2. The van der Waals surface area contributed by atoms with Gasteiger partial charge in [0.25, 0.3) is 0 Å².